The van der Waals surface area contributed by atoms with Crippen molar-refractivity contribution < 1.29 is 14.3 Å². The minimum absolute atomic E-state index is 0.0620. The zero-order valence-electron chi connectivity index (χ0n) is 15.3. The minimum atomic E-state index is -0.0620. The Kier molecular flexibility index (Phi) is 7.33. The van der Waals surface area contributed by atoms with Crippen LogP contribution in [-0.4, -0.2) is 19.1 Å². The average Bonchev–Trinajstić information content (AvgIpc) is 2.62. The van der Waals surface area contributed by atoms with Crippen molar-refractivity contribution in [1.82, 2.24) is 5.32 Å². The molecule has 0 bridgehead atoms. The molecule has 4 heteroatoms. The van der Waals surface area contributed by atoms with Crippen molar-refractivity contribution in [2.24, 2.45) is 0 Å². The Balaban J connectivity index is 2.10. The molecule has 0 fully saturated rings. The largest absolute Gasteiger partial charge is 0.493 e. The summed E-state index contributed by atoms with van der Waals surface area (Å²) >= 11 is 0. The number of unbranched alkanes of at least 4 members (excludes halogenated alkanes) is 1. The maximum atomic E-state index is 12.3. The van der Waals surface area contributed by atoms with Crippen LogP contribution in [0.3, 0.4) is 0 Å². The molecule has 1 amide bonds. The van der Waals surface area contributed by atoms with E-state index in [2.05, 4.69) is 12.2 Å². The molecule has 2 aromatic carbocycles. The summed E-state index contributed by atoms with van der Waals surface area (Å²) in [5, 5.41) is 2.94. The molecule has 0 aliphatic rings. The van der Waals surface area contributed by atoms with Crippen molar-refractivity contribution in [3.05, 3.63) is 59.2 Å². The van der Waals surface area contributed by atoms with E-state index in [0.29, 0.717) is 25.3 Å². The number of benzene rings is 2. The van der Waals surface area contributed by atoms with Gasteiger partial charge in [-0.05, 0) is 50.6 Å². The van der Waals surface area contributed by atoms with Gasteiger partial charge in [-0.1, -0.05) is 31.0 Å². The summed E-state index contributed by atoms with van der Waals surface area (Å²) in [5.74, 6) is 1.48. The van der Waals surface area contributed by atoms with Gasteiger partial charge >= 0.3 is 0 Å². The van der Waals surface area contributed by atoms with Gasteiger partial charge in [-0.2, -0.15) is 0 Å². The van der Waals surface area contributed by atoms with E-state index in [1.165, 1.54) is 5.56 Å². The maximum absolute atomic E-state index is 12.3. The molecule has 0 saturated heterocycles. The molecule has 1 N–H and O–H groups in total. The summed E-state index contributed by atoms with van der Waals surface area (Å²) < 4.78 is 11.5. The van der Waals surface area contributed by atoms with Crippen molar-refractivity contribution in [2.45, 2.75) is 40.2 Å². The highest BCUT2D eigenvalue weighted by atomic mass is 16.5. The molecule has 0 spiro atoms. The van der Waals surface area contributed by atoms with Crippen LogP contribution in [-0.2, 0) is 6.61 Å². The molecule has 0 heterocycles. The van der Waals surface area contributed by atoms with Gasteiger partial charge in [-0.3, -0.25) is 4.79 Å². The number of aryl methyl sites for hydroxylation is 1. The van der Waals surface area contributed by atoms with Gasteiger partial charge in [-0.25, -0.2) is 0 Å². The van der Waals surface area contributed by atoms with Crippen molar-refractivity contribution in [3.63, 3.8) is 0 Å². The van der Waals surface area contributed by atoms with Crippen LogP contribution in [0.1, 0.15) is 48.2 Å². The first-order chi connectivity index (χ1) is 12.1. The molecule has 0 aliphatic carbocycles. The molecule has 0 atom stereocenters. The maximum Gasteiger partial charge on any atom is 0.251 e. The lowest BCUT2D eigenvalue weighted by molar-refractivity contribution is 0.0953. The monoisotopic (exact) mass is 341 g/mol. The normalized spacial score (nSPS) is 10.4. The van der Waals surface area contributed by atoms with Crippen LogP contribution in [0.5, 0.6) is 11.5 Å². The number of hydrogen-bond acceptors (Lipinski definition) is 3. The molecule has 4 nitrogen and oxygen atoms in total. The number of ether oxygens (including phenoxy) is 2. The molecule has 134 valence electrons. The van der Waals surface area contributed by atoms with Crippen molar-refractivity contribution >= 4 is 5.91 Å². The van der Waals surface area contributed by atoms with Gasteiger partial charge < -0.3 is 14.8 Å². The number of amides is 1. The molecular weight excluding hydrogens is 314 g/mol. The third kappa shape index (κ3) is 5.82. The number of hydrogen-bond donors (Lipinski definition) is 1. The van der Waals surface area contributed by atoms with Gasteiger partial charge in [0, 0.05) is 17.7 Å². The number of carbonyl (C=O) groups is 1. The van der Waals surface area contributed by atoms with E-state index in [9.17, 15) is 4.79 Å². The third-order valence-corrected chi connectivity index (χ3v) is 3.85. The van der Waals surface area contributed by atoms with E-state index in [-0.39, 0.29) is 5.91 Å². The first-order valence-corrected chi connectivity index (χ1v) is 8.87. The molecular formula is C21H27NO3. The summed E-state index contributed by atoms with van der Waals surface area (Å²) in [6.07, 6.45) is 2.03. The zero-order chi connectivity index (χ0) is 18.1. The van der Waals surface area contributed by atoms with Crippen molar-refractivity contribution in [3.8, 4) is 11.5 Å². The predicted molar refractivity (Wildman–Crippen MR) is 100 cm³/mol. The Morgan fingerprint density at radius 1 is 1.04 bits per heavy atom. The second-order valence-corrected chi connectivity index (χ2v) is 5.97. The van der Waals surface area contributed by atoms with E-state index in [0.717, 1.165) is 29.9 Å². The Morgan fingerprint density at radius 2 is 1.80 bits per heavy atom. The SMILES string of the molecule is CCCCNC(=O)c1ccc(OCC)c(COc2ccc(C)cc2)c1. The van der Waals surface area contributed by atoms with Crippen LogP contribution in [0.2, 0.25) is 0 Å². The Labute approximate surface area is 150 Å². The van der Waals surface area contributed by atoms with Gasteiger partial charge in [0.2, 0.25) is 0 Å². The molecule has 0 aromatic heterocycles. The van der Waals surface area contributed by atoms with E-state index in [4.69, 9.17) is 9.47 Å². The molecule has 0 saturated carbocycles. The van der Waals surface area contributed by atoms with Crippen LogP contribution < -0.4 is 14.8 Å². The summed E-state index contributed by atoms with van der Waals surface area (Å²) in [6.45, 7) is 7.70. The van der Waals surface area contributed by atoms with Gasteiger partial charge in [0.25, 0.3) is 5.91 Å². The van der Waals surface area contributed by atoms with Crippen molar-refractivity contribution in [1.29, 1.82) is 0 Å². The highest BCUT2D eigenvalue weighted by Gasteiger charge is 2.11. The first kappa shape index (κ1) is 18.8. The second-order valence-electron chi connectivity index (χ2n) is 5.97. The Hall–Kier alpha value is -2.49. The molecule has 0 aliphatic heterocycles. The van der Waals surface area contributed by atoms with E-state index in [1.54, 1.807) is 6.07 Å². The quantitative estimate of drug-likeness (QED) is 0.683. The molecule has 2 rings (SSSR count). The highest BCUT2D eigenvalue weighted by Crippen LogP contribution is 2.23. The van der Waals surface area contributed by atoms with Gasteiger partial charge in [-0.15, -0.1) is 0 Å². The lowest BCUT2D eigenvalue weighted by Crippen LogP contribution is -2.24. The Bertz CT molecular complexity index is 680. The fraction of sp³-hybridized carbons (Fsp3) is 0.381. The van der Waals surface area contributed by atoms with Crippen LogP contribution >= 0.6 is 0 Å². The lowest BCUT2D eigenvalue weighted by atomic mass is 10.1. The second kappa shape index (κ2) is 9.72. The molecule has 2 aromatic rings. The summed E-state index contributed by atoms with van der Waals surface area (Å²) in [6, 6.07) is 13.4. The van der Waals surface area contributed by atoms with E-state index >= 15 is 0 Å². The Morgan fingerprint density at radius 3 is 2.48 bits per heavy atom. The third-order valence-electron chi connectivity index (χ3n) is 3.85. The number of nitrogens with one attached hydrogen (secondary N) is 1. The van der Waals surface area contributed by atoms with Crippen molar-refractivity contribution in [2.75, 3.05) is 13.2 Å². The lowest BCUT2D eigenvalue weighted by Gasteiger charge is -2.13. The van der Waals surface area contributed by atoms with Crippen LogP contribution in [0.4, 0.5) is 0 Å². The standard InChI is InChI=1S/C21H27NO3/c1-4-6-13-22-21(23)17-9-12-20(24-5-2)18(14-17)15-25-19-10-7-16(3)8-11-19/h7-12,14H,4-6,13,15H2,1-3H3,(H,22,23). The van der Waals surface area contributed by atoms with Crippen LogP contribution in [0, 0.1) is 6.92 Å². The van der Waals surface area contributed by atoms with Gasteiger partial charge in [0.05, 0.1) is 6.61 Å². The van der Waals surface area contributed by atoms with Crippen LogP contribution in [0.15, 0.2) is 42.5 Å². The number of rotatable bonds is 9. The smallest absolute Gasteiger partial charge is 0.251 e. The first-order valence-electron chi connectivity index (χ1n) is 8.87. The fourth-order valence-corrected chi connectivity index (χ4v) is 2.41. The summed E-state index contributed by atoms with van der Waals surface area (Å²) in [4.78, 5) is 12.3. The van der Waals surface area contributed by atoms with Gasteiger partial charge in [0.1, 0.15) is 18.1 Å². The van der Waals surface area contributed by atoms with E-state index < -0.39 is 0 Å². The highest BCUT2D eigenvalue weighted by molar-refractivity contribution is 5.94. The zero-order valence-corrected chi connectivity index (χ0v) is 15.3. The minimum Gasteiger partial charge on any atom is -0.493 e. The fourth-order valence-electron chi connectivity index (χ4n) is 2.41. The predicted octanol–water partition coefficient (Wildman–Crippen LogP) is 4.50. The van der Waals surface area contributed by atoms with Crippen LogP contribution in [0.25, 0.3) is 0 Å². The van der Waals surface area contributed by atoms with E-state index in [1.807, 2.05) is 50.2 Å². The molecule has 0 unspecified atom stereocenters. The van der Waals surface area contributed by atoms with Gasteiger partial charge in [0.15, 0.2) is 0 Å². The average molecular weight is 341 g/mol. The molecule has 0 radical (unpaired) electrons. The summed E-state index contributed by atoms with van der Waals surface area (Å²) in [7, 11) is 0. The topological polar surface area (TPSA) is 47.6 Å². The number of carbonyl (C=O) groups excluding carboxylic acids is 1. The summed E-state index contributed by atoms with van der Waals surface area (Å²) in [5.41, 5.74) is 2.68. The molecule has 25 heavy (non-hydrogen) atoms.